The van der Waals surface area contributed by atoms with Crippen LogP contribution in [0.25, 0.3) is 0 Å². The summed E-state index contributed by atoms with van der Waals surface area (Å²) in [5, 5.41) is 5.81. The lowest BCUT2D eigenvalue weighted by atomic mass is 10.0. The lowest BCUT2D eigenvalue weighted by Gasteiger charge is -2.25. The Bertz CT molecular complexity index is 181. The van der Waals surface area contributed by atoms with Gasteiger partial charge in [0.25, 0.3) is 0 Å². The molecule has 4 heteroatoms. The minimum Gasteiger partial charge on any atom is -0.338 e. The van der Waals surface area contributed by atoms with Gasteiger partial charge in [-0.25, -0.2) is 4.79 Å². The topological polar surface area (TPSA) is 44.4 Å². The normalized spacial score (nSPS) is 13.0. The molecule has 2 N–H and O–H groups in total. The van der Waals surface area contributed by atoms with Crippen LogP contribution in [0.3, 0.4) is 0 Å². The Hall–Kier alpha value is -0.770. The van der Waals surface area contributed by atoms with Gasteiger partial charge in [-0.3, -0.25) is 0 Å². The molecule has 0 rings (SSSR count). The van der Waals surface area contributed by atoms with Crippen molar-refractivity contribution < 1.29 is 4.79 Å². The summed E-state index contributed by atoms with van der Waals surface area (Å²) < 4.78 is 0. The van der Waals surface area contributed by atoms with Gasteiger partial charge in [-0.05, 0) is 26.4 Å². The van der Waals surface area contributed by atoms with Gasteiger partial charge in [-0.15, -0.1) is 0 Å². The largest absolute Gasteiger partial charge is 0.338 e. The number of carbonyl (C=O) groups is 1. The van der Waals surface area contributed by atoms with Crippen LogP contribution >= 0.6 is 0 Å². The Morgan fingerprint density at radius 3 is 2.33 bits per heavy atom. The molecule has 0 aromatic carbocycles. The van der Waals surface area contributed by atoms with E-state index in [1.54, 1.807) is 0 Å². The van der Waals surface area contributed by atoms with Gasteiger partial charge < -0.3 is 15.5 Å². The first-order valence-corrected chi connectivity index (χ1v) is 5.66. The number of nitrogens with one attached hydrogen (secondary N) is 2. The standard InChI is InChI=1S/C11H25N3O/c1-6-7-12-11(15)13-10(9(2)3)8-14(4)5/h9-10H,6-8H2,1-5H3,(H2,12,13,15). The first-order chi connectivity index (χ1) is 6.97. The summed E-state index contributed by atoms with van der Waals surface area (Å²) in [6, 6.07) is 0.147. The van der Waals surface area contributed by atoms with E-state index < -0.39 is 0 Å². The summed E-state index contributed by atoms with van der Waals surface area (Å²) >= 11 is 0. The second-order valence-electron chi connectivity index (χ2n) is 4.51. The molecule has 0 aliphatic carbocycles. The molecule has 4 nitrogen and oxygen atoms in total. The van der Waals surface area contributed by atoms with E-state index >= 15 is 0 Å². The van der Waals surface area contributed by atoms with Crippen LogP contribution in [-0.2, 0) is 0 Å². The van der Waals surface area contributed by atoms with Gasteiger partial charge in [0.05, 0.1) is 0 Å². The Morgan fingerprint density at radius 2 is 1.93 bits per heavy atom. The summed E-state index contributed by atoms with van der Waals surface area (Å²) in [4.78, 5) is 13.5. The third-order valence-corrected chi connectivity index (χ3v) is 2.22. The van der Waals surface area contributed by atoms with E-state index in [1.807, 2.05) is 21.0 Å². The van der Waals surface area contributed by atoms with E-state index in [9.17, 15) is 4.79 Å². The molecular formula is C11H25N3O. The van der Waals surface area contributed by atoms with Crippen molar-refractivity contribution in [2.45, 2.75) is 33.2 Å². The van der Waals surface area contributed by atoms with Crippen molar-refractivity contribution in [1.29, 1.82) is 0 Å². The molecule has 0 bridgehead atoms. The van der Waals surface area contributed by atoms with Crippen LogP contribution in [0.4, 0.5) is 4.79 Å². The third-order valence-electron chi connectivity index (χ3n) is 2.22. The first kappa shape index (κ1) is 14.2. The maximum absolute atomic E-state index is 11.5. The zero-order valence-electron chi connectivity index (χ0n) is 10.6. The highest BCUT2D eigenvalue weighted by Gasteiger charge is 2.16. The fourth-order valence-electron chi connectivity index (χ4n) is 1.27. The van der Waals surface area contributed by atoms with Crippen molar-refractivity contribution in [3.05, 3.63) is 0 Å². The number of hydrogen-bond donors (Lipinski definition) is 2. The van der Waals surface area contributed by atoms with Crippen molar-refractivity contribution in [3.8, 4) is 0 Å². The maximum atomic E-state index is 11.5. The Labute approximate surface area is 93.4 Å². The van der Waals surface area contributed by atoms with E-state index in [-0.39, 0.29) is 12.1 Å². The molecular weight excluding hydrogens is 190 g/mol. The van der Waals surface area contributed by atoms with Gasteiger partial charge in [-0.2, -0.15) is 0 Å². The zero-order valence-corrected chi connectivity index (χ0v) is 10.6. The number of rotatable bonds is 6. The number of amides is 2. The Balaban J connectivity index is 3.99. The predicted molar refractivity (Wildman–Crippen MR) is 64.0 cm³/mol. The number of urea groups is 1. The molecule has 90 valence electrons. The molecule has 0 radical (unpaired) electrons. The van der Waals surface area contributed by atoms with Crippen molar-refractivity contribution in [2.24, 2.45) is 5.92 Å². The SMILES string of the molecule is CCCNC(=O)NC(CN(C)C)C(C)C. The molecule has 0 aromatic rings. The second kappa shape index (κ2) is 7.51. The van der Waals surface area contributed by atoms with Crippen LogP contribution in [0, 0.1) is 5.92 Å². The van der Waals surface area contributed by atoms with Crippen molar-refractivity contribution in [1.82, 2.24) is 15.5 Å². The van der Waals surface area contributed by atoms with E-state index in [4.69, 9.17) is 0 Å². The third kappa shape index (κ3) is 7.19. The number of likely N-dealkylation sites (N-methyl/N-ethyl adjacent to an activating group) is 1. The highest BCUT2D eigenvalue weighted by atomic mass is 16.2. The van der Waals surface area contributed by atoms with Gasteiger partial charge in [0.1, 0.15) is 0 Å². The molecule has 0 fully saturated rings. The van der Waals surface area contributed by atoms with E-state index in [1.165, 1.54) is 0 Å². The van der Waals surface area contributed by atoms with E-state index in [2.05, 4.69) is 29.4 Å². The fourth-order valence-corrected chi connectivity index (χ4v) is 1.27. The van der Waals surface area contributed by atoms with Crippen LogP contribution in [0.1, 0.15) is 27.2 Å². The smallest absolute Gasteiger partial charge is 0.315 e. The lowest BCUT2D eigenvalue weighted by Crippen LogP contribution is -2.49. The fraction of sp³-hybridized carbons (Fsp3) is 0.909. The van der Waals surface area contributed by atoms with Crippen LogP contribution in [0.2, 0.25) is 0 Å². The molecule has 0 saturated heterocycles. The number of nitrogens with zero attached hydrogens (tertiary/aromatic N) is 1. The van der Waals surface area contributed by atoms with Gasteiger partial charge in [0, 0.05) is 19.1 Å². The van der Waals surface area contributed by atoms with E-state index in [0.29, 0.717) is 5.92 Å². The second-order valence-corrected chi connectivity index (χ2v) is 4.51. The minimum atomic E-state index is -0.0580. The summed E-state index contributed by atoms with van der Waals surface area (Å²) in [5.74, 6) is 0.444. The average molecular weight is 215 g/mol. The Morgan fingerprint density at radius 1 is 1.33 bits per heavy atom. The monoisotopic (exact) mass is 215 g/mol. The molecule has 0 saturated carbocycles. The molecule has 15 heavy (non-hydrogen) atoms. The first-order valence-electron chi connectivity index (χ1n) is 5.66. The van der Waals surface area contributed by atoms with Crippen LogP contribution < -0.4 is 10.6 Å². The highest BCUT2D eigenvalue weighted by molar-refractivity contribution is 5.74. The molecule has 0 spiro atoms. The molecule has 0 heterocycles. The molecule has 1 unspecified atom stereocenters. The highest BCUT2D eigenvalue weighted by Crippen LogP contribution is 2.02. The number of hydrogen-bond acceptors (Lipinski definition) is 2. The summed E-state index contributed by atoms with van der Waals surface area (Å²) in [7, 11) is 4.03. The summed E-state index contributed by atoms with van der Waals surface area (Å²) in [6.45, 7) is 7.89. The van der Waals surface area contributed by atoms with Gasteiger partial charge >= 0.3 is 6.03 Å². The summed E-state index contributed by atoms with van der Waals surface area (Å²) in [5.41, 5.74) is 0. The average Bonchev–Trinajstić information content (AvgIpc) is 2.12. The predicted octanol–water partition coefficient (Wildman–Crippen LogP) is 1.28. The van der Waals surface area contributed by atoms with Gasteiger partial charge in [-0.1, -0.05) is 20.8 Å². The van der Waals surface area contributed by atoms with Crippen molar-refractivity contribution in [2.75, 3.05) is 27.2 Å². The van der Waals surface area contributed by atoms with Crippen LogP contribution in [0.15, 0.2) is 0 Å². The molecule has 0 aromatic heterocycles. The number of carbonyl (C=O) groups excluding carboxylic acids is 1. The lowest BCUT2D eigenvalue weighted by molar-refractivity contribution is 0.225. The molecule has 2 amide bonds. The van der Waals surface area contributed by atoms with Gasteiger partial charge in [0.2, 0.25) is 0 Å². The van der Waals surface area contributed by atoms with Crippen molar-refractivity contribution >= 4 is 6.03 Å². The summed E-state index contributed by atoms with van der Waals surface area (Å²) in [6.07, 6.45) is 0.966. The van der Waals surface area contributed by atoms with Crippen LogP contribution in [-0.4, -0.2) is 44.2 Å². The van der Waals surface area contributed by atoms with E-state index in [0.717, 1.165) is 19.5 Å². The zero-order chi connectivity index (χ0) is 11.8. The van der Waals surface area contributed by atoms with Crippen molar-refractivity contribution in [3.63, 3.8) is 0 Å². The molecule has 0 aliphatic rings. The van der Waals surface area contributed by atoms with Gasteiger partial charge in [0.15, 0.2) is 0 Å². The Kier molecular flexibility index (Phi) is 7.13. The minimum absolute atomic E-state index is 0.0580. The maximum Gasteiger partial charge on any atom is 0.315 e. The molecule has 0 aliphatic heterocycles. The van der Waals surface area contributed by atoms with Crippen LogP contribution in [0.5, 0.6) is 0 Å². The molecule has 1 atom stereocenters. The quantitative estimate of drug-likeness (QED) is 0.701.